The first-order valence-electron chi connectivity index (χ1n) is 8.83. The Morgan fingerprint density at radius 2 is 1.74 bits per heavy atom. The van der Waals surface area contributed by atoms with Crippen LogP contribution in [-0.2, 0) is 6.54 Å². The third-order valence-corrected chi connectivity index (χ3v) is 4.18. The SMILES string of the molecule is CCN(C(=O)c1cccc(C(=O)NCc2cccnc2)c1)c1ccccc1. The van der Waals surface area contributed by atoms with Crippen molar-refractivity contribution in [1.29, 1.82) is 0 Å². The Kier molecular flexibility index (Phi) is 5.94. The van der Waals surface area contributed by atoms with Crippen LogP contribution in [0.2, 0.25) is 0 Å². The van der Waals surface area contributed by atoms with E-state index in [0.29, 0.717) is 24.2 Å². The van der Waals surface area contributed by atoms with E-state index in [1.165, 1.54) is 0 Å². The topological polar surface area (TPSA) is 62.3 Å². The number of nitrogens with one attached hydrogen (secondary N) is 1. The van der Waals surface area contributed by atoms with Crippen molar-refractivity contribution in [3.05, 3.63) is 95.8 Å². The van der Waals surface area contributed by atoms with E-state index in [4.69, 9.17) is 0 Å². The Morgan fingerprint density at radius 3 is 2.44 bits per heavy atom. The van der Waals surface area contributed by atoms with Gasteiger partial charge >= 0.3 is 0 Å². The zero-order chi connectivity index (χ0) is 19.1. The van der Waals surface area contributed by atoms with Crippen molar-refractivity contribution in [3.8, 4) is 0 Å². The predicted octanol–water partition coefficient (Wildman–Crippen LogP) is 3.68. The molecule has 2 aromatic carbocycles. The maximum absolute atomic E-state index is 12.9. The minimum absolute atomic E-state index is 0.134. The van der Waals surface area contributed by atoms with Crippen LogP contribution in [0.1, 0.15) is 33.2 Å². The Hall–Kier alpha value is -3.47. The Balaban J connectivity index is 1.74. The summed E-state index contributed by atoms with van der Waals surface area (Å²) in [6.07, 6.45) is 3.39. The number of carbonyl (C=O) groups is 2. The van der Waals surface area contributed by atoms with Crippen molar-refractivity contribution in [3.63, 3.8) is 0 Å². The maximum Gasteiger partial charge on any atom is 0.258 e. The van der Waals surface area contributed by atoms with Gasteiger partial charge in [0.2, 0.25) is 0 Å². The van der Waals surface area contributed by atoms with E-state index < -0.39 is 0 Å². The molecule has 0 atom stereocenters. The Bertz CT molecular complexity index is 911. The summed E-state index contributed by atoms with van der Waals surface area (Å²) in [5.41, 5.74) is 2.68. The second-order valence-electron chi connectivity index (χ2n) is 6.01. The summed E-state index contributed by atoms with van der Waals surface area (Å²) in [4.78, 5) is 31.1. The van der Waals surface area contributed by atoms with Crippen molar-refractivity contribution < 1.29 is 9.59 Å². The highest BCUT2D eigenvalue weighted by atomic mass is 16.2. The number of hydrogen-bond acceptors (Lipinski definition) is 3. The van der Waals surface area contributed by atoms with Gasteiger partial charge in [-0.25, -0.2) is 0 Å². The average molecular weight is 359 g/mol. The number of hydrogen-bond donors (Lipinski definition) is 1. The molecular weight excluding hydrogens is 338 g/mol. The first-order valence-corrected chi connectivity index (χ1v) is 8.83. The lowest BCUT2D eigenvalue weighted by atomic mass is 10.1. The lowest BCUT2D eigenvalue weighted by Crippen LogP contribution is -2.31. The van der Waals surface area contributed by atoms with E-state index >= 15 is 0 Å². The Morgan fingerprint density at radius 1 is 0.963 bits per heavy atom. The highest BCUT2D eigenvalue weighted by molar-refractivity contribution is 6.07. The summed E-state index contributed by atoms with van der Waals surface area (Å²) in [5, 5.41) is 2.85. The summed E-state index contributed by atoms with van der Waals surface area (Å²) in [7, 11) is 0. The first kappa shape index (κ1) is 18.3. The number of carbonyl (C=O) groups excluding carboxylic acids is 2. The smallest absolute Gasteiger partial charge is 0.258 e. The van der Waals surface area contributed by atoms with Gasteiger partial charge in [-0.1, -0.05) is 30.3 Å². The van der Waals surface area contributed by atoms with Crippen LogP contribution in [-0.4, -0.2) is 23.3 Å². The van der Waals surface area contributed by atoms with Crippen molar-refractivity contribution in [1.82, 2.24) is 10.3 Å². The largest absolute Gasteiger partial charge is 0.348 e. The van der Waals surface area contributed by atoms with E-state index in [0.717, 1.165) is 11.3 Å². The summed E-state index contributed by atoms with van der Waals surface area (Å²) in [5.74, 6) is -0.359. The van der Waals surface area contributed by atoms with Crippen LogP contribution in [0.15, 0.2) is 79.1 Å². The van der Waals surface area contributed by atoms with Crippen molar-refractivity contribution in [2.24, 2.45) is 0 Å². The molecule has 1 N–H and O–H groups in total. The third kappa shape index (κ3) is 4.58. The number of para-hydroxylation sites is 1. The zero-order valence-corrected chi connectivity index (χ0v) is 15.1. The van der Waals surface area contributed by atoms with Crippen LogP contribution in [0, 0.1) is 0 Å². The van der Waals surface area contributed by atoms with Gasteiger partial charge in [0.15, 0.2) is 0 Å². The molecule has 1 aromatic heterocycles. The van der Waals surface area contributed by atoms with E-state index in [-0.39, 0.29) is 11.8 Å². The van der Waals surface area contributed by atoms with Gasteiger partial charge in [-0.2, -0.15) is 0 Å². The van der Waals surface area contributed by atoms with E-state index in [1.807, 2.05) is 49.4 Å². The van der Waals surface area contributed by atoms with E-state index in [1.54, 1.807) is 41.6 Å². The van der Waals surface area contributed by atoms with Gasteiger partial charge < -0.3 is 10.2 Å². The molecule has 0 aliphatic heterocycles. The molecule has 0 unspecified atom stereocenters. The number of rotatable bonds is 6. The zero-order valence-electron chi connectivity index (χ0n) is 15.1. The molecule has 27 heavy (non-hydrogen) atoms. The number of amides is 2. The summed E-state index contributed by atoms with van der Waals surface area (Å²) in [6, 6.07) is 20.0. The van der Waals surface area contributed by atoms with E-state index in [2.05, 4.69) is 10.3 Å². The molecule has 0 bridgehead atoms. The van der Waals surface area contributed by atoms with Gasteiger partial charge in [-0.3, -0.25) is 14.6 Å². The molecule has 0 radical (unpaired) electrons. The number of aromatic nitrogens is 1. The maximum atomic E-state index is 12.9. The molecule has 0 fully saturated rings. The quantitative estimate of drug-likeness (QED) is 0.730. The van der Waals surface area contributed by atoms with Crippen molar-refractivity contribution in [2.45, 2.75) is 13.5 Å². The molecule has 2 amide bonds. The second kappa shape index (κ2) is 8.76. The summed E-state index contributed by atoms with van der Waals surface area (Å²) in [6.45, 7) is 2.85. The molecule has 1 heterocycles. The third-order valence-electron chi connectivity index (χ3n) is 4.18. The minimum atomic E-state index is -0.226. The van der Waals surface area contributed by atoms with Crippen molar-refractivity contribution in [2.75, 3.05) is 11.4 Å². The summed E-state index contributed by atoms with van der Waals surface area (Å²) < 4.78 is 0. The highest BCUT2D eigenvalue weighted by Gasteiger charge is 2.17. The molecule has 0 spiro atoms. The monoisotopic (exact) mass is 359 g/mol. The highest BCUT2D eigenvalue weighted by Crippen LogP contribution is 2.17. The van der Waals surface area contributed by atoms with Crippen molar-refractivity contribution >= 4 is 17.5 Å². The fourth-order valence-electron chi connectivity index (χ4n) is 2.79. The molecule has 136 valence electrons. The van der Waals surface area contributed by atoms with Crippen LogP contribution < -0.4 is 10.2 Å². The minimum Gasteiger partial charge on any atom is -0.348 e. The van der Waals surface area contributed by atoms with E-state index in [9.17, 15) is 9.59 Å². The normalized spacial score (nSPS) is 10.3. The number of benzene rings is 2. The van der Waals surface area contributed by atoms with Crippen LogP contribution in [0.25, 0.3) is 0 Å². The molecule has 5 nitrogen and oxygen atoms in total. The summed E-state index contributed by atoms with van der Waals surface area (Å²) >= 11 is 0. The van der Waals surface area contributed by atoms with Gasteiger partial charge in [0.25, 0.3) is 11.8 Å². The second-order valence-corrected chi connectivity index (χ2v) is 6.01. The predicted molar refractivity (Wildman–Crippen MR) is 106 cm³/mol. The van der Waals surface area contributed by atoms with Crippen LogP contribution in [0.4, 0.5) is 5.69 Å². The molecule has 0 aliphatic carbocycles. The van der Waals surface area contributed by atoms with Crippen LogP contribution in [0.3, 0.4) is 0 Å². The fraction of sp³-hybridized carbons (Fsp3) is 0.136. The fourth-order valence-corrected chi connectivity index (χ4v) is 2.79. The van der Waals surface area contributed by atoms with Gasteiger partial charge in [-0.15, -0.1) is 0 Å². The number of nitrogens with zero attached hydrogens (tertiary/aromatic N) is 2. The van der Waals surface area contributed by atoms with Gasteiger partial charge in [-0.05, 0) is 48.9 Å². The molecule has 0 aliphatic rings. The van der Waals surface area contributed by atoms with Gasteiger partial charge in [0.05, 0.1) is 0 Å². The first-order chi connectivity index (χ1) is 13.2. The molecular formula is C22H21N3O2. The van der Waals surface area contributed by atoms with Gasteiger partial charge in [0.1, 0.15) is 0 Å². The average Bonchev–Trinajstić information content (AvgIpc) is 2.74. The number of pyridine rings is 1. The lowest BCUT2D eigenvalue weighted by Gasteiger charge is -2.21. The lowest BCUT2D eigenvalue weighted by molar-refractivity contribution is 0.0951. The Labute approximate surface area is 158 Å². The number of anilines is 1. The molecule has 0 saturated carbocycles. The molecule has 0 saturated heterocycles. The van der Waals surface area contributed by atoms with Gasteiger partial charge in [0, 0.05) is 42.3 Å². The standard InChI is InChI=1S/C22H21N3O2/c1-2-25(20-11-4-3-5-12-20)22(27)19-10-6-9-18(14-19)21(26)24-16-17-8-7-13-23-15-17/h3-15H,2,16H2,1H3,(H,24,26). The molecule has 3 rings (SSSR count). The van der Waals surface area contributed by atoms with Crippen LogP contribution >= 0.6 is 0 Å². The molecule has 3 aromatic rings. The van der Waals surface area contributed by atoms with Crippen LogP contribution in [0.5, 0.6) is 0 Å². The molecule has 5 heteroatoms.